The van der Waals surface area contributed by atoms with Crippen molar-refractivity contribution in [3.05, 3.63) is 30.2 Å². The van der Waals surface area contributed by atoms with Crippen LogP contribution in [0.3, 0.4) is 0 Å². The van der Waals surface area contributed by atoms with E-state index in [0.29, 0.717) is 12.4 Å². The number of rotatable bonds is 3. The predicted molar refractivity (Wildman–Crippen MR) is 65.5 cm³/mol. The van der Waals surface area contributed by atoms with Gasteiger partial charge in [0.1, 0.15) is 5.76 Å². The average Bonchev–Trinajstić information content (AvgIpc) is 2.81. The highest BCUT2D eigenvalue weighted by Crippen LogP contribution is 2.24. The maximum absolute atomic E-state index is 5.67. The molecule has 2 aromatic heterocycles. The minimum absolute atomic E-state index is 0.0557. The van der Waals surface area contributed by atoms with E-state index in [1.807, 2.05) is 13.0 Å². The SMILES string of the molecule is Cc1occc1-c1cnc(CNC(C)(C)C)o1. The molecule has 0 spiro atoms. The number of nitrogens with zero attached hydrogens (tertiary/aromatic N) is 1. The van der Waals surface area contributed by atoms with E-state index >= 15 is 0 Å². The first kappa shape index (κ1) is 11.9. The summed E-state index contributed by atoms with van der Waals surface area (Å²) in [5.41, 5.74) is 1.01. The van der Waals surface area contributed by atoms with Gasteiger partial charge >= 0.3 is 0 Å². The van der Waals surface area contributed by atoms with Crippen LogP contribution in [0.15, 0.2) is 27.4 Å². The van der Waals surface area contributed by atoms with Crippen molar-refractivity contribution in [2.45, 2.75) is 39.8 Å². The highest BCUT2D eigenvalue weighted by Gasteiger charge is 2.13. The summed E-state index contributed by atoms with van der Waals surface area (Å²) in [5, 5.41) is 3.33. The number of nitrogens with one attached hydrogen (secondary N) is 1. The second-order valence-electron chi connectivity index (χ2n) is 5.11. The highest BCUT2D eigenvalue weighted by atomic mass is 16.4. The zero-order chi connectivity index (χ0) is 12.5. The number of hydrogen-bond acceptors (Lipinski definition) is 4. The molecule has 0 radical (unpaired) electrons. The molecule has 4 heteroatoms. The first-order valence-corrected chi connectivity index (χ1v) is 5.70. The Hall–Kier alpha value is -1.55. The van der Waals surface area contributed by atoms with E-state index in [4.69, 9.17) is 8.83 Å². The van der Waals surface area contributed by atoms with Crippen molar-refractivity contribution in [1.29, 1.82) is 0 Å². The molecule has 0 amide bonds. The Balaban J connectivity index is 2.09. The van der Waals surface area contributed by atoms with Gasteiger partial charge in [0.25, 0.3) is 0 Å². The summed E-state index contributed by atoms with van der Waals surface area (Å²) in [6.07, 6.45) is 3.39. The van der Waals surface area contributed by atoms with E-state index in [9.17, 15) is 0 Å². The minimum atomic E-state index is 0.0557. The summed E-state index contributed by atoms with van der Waals surface area (Å²) >= 11 is 0. The summed E-state index contributed by atoms with van der Waals surface area (Å²) in [7, 11) is 0. The molecule has 0 aliphatic carbocycles. The van der Waals surface area contributed by atoms with Crippen LogP contribution in [-0.4, -0.2) is 10.5 Å². The number of furan rings is 1. The lowest BCUT2D eigenvalue weighted by atomic mass is 10.1. The van der Waals surface area contributed by atoms with Gasteiger partial charge in [0.15, 0.2) is 5.76 Å². The van der Waals surface area contributed by atoms with Crippen molar-refractivity contribution in [3.63, 3.8) is 0 Å². The quantitative estimate of drug-likeness (QED) is 0.886. The number of hydrogen-bond donors (Lipinski definition) is 1. The van der Waals surface area contributed by atoms with Gasteiger partial charge in [-0.15, -0.1) is 0 Å². The molecule has 2 rings (SSSR count). The van der Waals surface area contributed by atoms with Gasteiger partial charge in [0.2, 0.25) is 5.89 Å². The maximum Gasteiger partial charge on any atom is 0.208 e. The van der Waals surface area contributed by atoms with Crippen LogP contribution in [-0.2, 0) is 6.54 Å². The van der Waals surface area contributed by atoms with E-state index in [0.717, 1.165) is 17.1 Å². The van der Waals surface area contributed by atoms with E-state index in [1.54, 1.807) is 12.5 Å². The monoisotopic (exact) mass is 234 g/mol. The molecule has 0 bridgehead atoms. The van der Waals surface area contributed by atoms with Crippen molar-refractivity contribution in [2.24, 2.45) is 0 Å². The van der Waals surface area contributed by atoms with Gasteiger partial charge in [-0.2, -0.15) is 0 Å². The summed E-state index contributed by atoms with van der Waals surface area (Å²) in [4.78, 5) is 4.25. The molecule has 0 unspecified atom stereocenters. The van der Waals surface area contributed by atoms with Crippen molar-refractivity contribution in [2.75, 3.05) is 0 Å². The molecule has 0 aromatic carbocycles. The molecule has 17 heavy (non-hydrogen) atoms. The number of aryl methyl sites for hydroxylation is 1. The lowest BCUT2D eigenvalue weighted by Gasteiger charge is -2.18. The molecule has 0 saturated heterocycles. The van der Waals surface area contributed by atoms with E-state index in [2.05, 4.69) is 31.1 Å². The van der Waals surface area contributed by atoms with Crippen molar-refractivity contribution >= 4 is 0 Å². The van der Waals surface area contributed by atoms with Crippen LogP contribution in [0.25, 0.3) is 11.3 Å². The first-order chi connectivity index (χ1) is 7.96. The fourth-order valence-corrected chi connectivity index (χ4v) is 1.50. The standard InChI is InChI=1S/C13H18N2O2/c1-9-10(5-6-16-9)11-7-14-12(17-11)8-15-13(2,3)4/h5-7,15H,8H2,1-4H3. The molecule has 0 atom stereocenters. The molecular weight excluding hydrogens is 216 g/mol. The largest absolute Gasteiger partial charge is 0.469 e. The molecule has 0 saturated carbocycles. The highest BCUT2D eigenvalue weighted by molar-refractivity contribution is 5.58. The van der Waals surface area contributed by atoms with Gasteiger partial charge in [-0.25, -0.2) is 4.98 Å². The van der Waals surface area contributed by atoms with E-state index in [1.165, 1.54) is 0 Å². The van der Waals surface area contributed by atoms with Gasteiger partial charge in [0.05, 0.1) is 24.6 Å². The van der Waals surface area contributed by atoms with Crippen LogP contribution < -0.4 is 5.32 Å². The van der Waals surface area contributed by atoms with Crippen LogP contribution in [0.5, 0.6) is 0 Å². The van der Waals surface area contributed by atoms with Crippen LogP contribution in [0, 0.1) is 6.92 Å². The Morgan fingerprint density at radius 2 is 2.12 bits per heavy atom. The smallest absolute Gasteiger partial charge is 0.208 e. The van der Waals surface area contributed by atoms with Gasteiger partial charge < -0.3 is 14.2 Å². The number of oxazole rings is 1. The fourth-order valence-electron chi connectivity index (χ4n) is 1.50. The van der Waals surface area contributed by atoms with Crippen molar-refractivity contribution in [1.82, 2.24) is 10.3 Å². The lowest BCUT2D eigenvalue weighted by molar-refractivity contribution is 0.383. The molecule has 0 aliphatic rings. The minimum Gasteiger partial charge on any atom is -0.469 e. The summed E-state index contributed by atoms with van der Waals surface area (Å²) < 4.78 is 10.9. The Morgan fingerprint density at radius 1 is 1.35 bits per heavy atom. The zero-order valence-corrected chi connectivity index (χ0v) is 10.7. The molecule has 4 nitrogen and oxygen atoms in total. The second-order valence-corrected chi connectivity index (χ2v) is 5.11. The molecule has 92 valence electrons. The Bertz CT molecular complexity index is 491. The third-order valence-corrected chi connectivity index (χ3v) is 2.45. The lowest BCUT2D eigenvalue weighted by Crippen LogP contribution is -2.35. The Labute approximate surface area is 101 Å². The Morgan fingerprint density at radius 3 is 2.71 bits per heavy atom. The van der Waals surface area contributed by atoms with Crippen LogP contribution in [0.4, 0.5) is 0 Å². The van der Waals surface area contributed by atoms with E-state index < -0.39 is 0 Å². The first-order valence-electron chi connectivity index (χ1n) is 5.70. The topological polar surface area (TPSA) is 51.2 Å². The zero-order valence-electron chi connectivity index (χ0n) is 10.7. The van der Waals surface area contributed by atoms with Gasteiger partial charge in [-0.1, -0.05) is 0 Å². The Kier molecular flexibility index (Phi) is 3.07. The third-order valence-electron chi connectivity index (χ3n) is 2.45. The second kappa shape index (κ2) is 4.37. The van der Waals surface area contributed by atoms with Crippen LogP contribution in [0.1, 0.15) is 32.4 Å². The summed E-state index contributed by atoms with van der Waals surface area (Å²) in [5.74, 6) is 2.29. The third kappa shape index (κ3) is 2.97. The van der Waals surface area contributed by atoms with E-state index in [-0.39, 0.29) is 5.54 Å². The predicted octanol–water partition coefficient (Wildman–Crippen LogP) is 3.13. The van der Waals surface area contributed by atoms with Gasteiger partial charge in [0, 0.05) is 5.54 Å². The average molecular weight is 234 g/mol. The molecular formula is C13H18N2O2. The summed E-state index contributed by atoms with van der Waals surface area (Å²) in [6.45, 7) is 8.86. The van der Waals surface area contributed by atoms with Crippen LogP contribution >= 0.6 is 0 Å². The van der Waals surface area contributed by atoms with Crippen molar-refractivity contribution in [3.8, 4) is 11.3 Å². The molecule has 2 aromatic rings. The molecule has 0 aliphatic heterocycles. The van der Waals surface area contributed by atoms with Gasteiger partial charge in [-0.05, 0) is 33.8 Å². The maximum atomic E-state index is 5.67. The van der Waals surface area contributed by atoms with Gasteiger partial charge in [-0.3, -0.25) is 0 Å². The summed E-state index contributed by atoms with van der Waals surface area (Å²) in [6, 6.07) is 1.89. The number of aromatic nitrogens is 1. The molecule has 2 heterocycles. The van der Waals surface area contributed by atoms with Crippen LogP contribution in [0.2, 0.25) is 0 Å². The molecule has 0 fully saturated rings. The normalized spacial score (nSPS) is 12.0. The molecule has 1 N–H and O–H groups in total. The van der Waals surface area contributed by atoms with Crippen molar-refractivity contribution < 1.29 is 8.83 Å². The fraction of sp³-hybridized carbons (Fsp3) is 0.462.